The first-order valence-corrected chi connectivity index (χ1v) is 12.1. The second kappa shape index (κ2) is 8.04. The summed E-state index contributed by atoms with van der Waals surface area (Å²) in [5, 5.41) is 0.711. The Balaban J connectivity index is 1.63. The lowest BCUT2D eigenvalue weighted by Crippen LogP contribution is -2.26. The Kier molecular flexibility index (Phi) is 5.80. The number of nitrogens with zero attached hydrogens (tertiary/aromatic N) is 2. The van der Waals surface area contributed by atoms with E-state index in [1.54, 1.807) is 0 Å². The molecule has 0 aromatic heterocycles. The van der Waals surface area contributed by atoms with Crippen LogP contribution in [0.25, 0.3) is 0 Å². The van der Waals surface area contributed by atoms with Gasteiger partial charge in [0.25, 0.3) is 0 Å². The molecule has 32 heavy (non-hydrogen) atoms. The van der Waals surface area contributed by atoms with Gasteiger partial charge in [0.1, 0.15) is 7.05 Å². The molecule has 4 rings (SSSR count). The smallest absolute Gasteiger partial charge is 0.209 e. The molecule has 0 aliphatic carbocycles. The molecule has 0 unspecified atom stereocenters. The van der Waals surface area contributed by atoms with Gasteiger partial charge in [-0.3, -0.25) is 0 Å². The van der Waals surface area contributed by atoms with Crippen molar-refractivity contribution >= 4 is 44.6 Å². The summed E-state index contributed by atoms with van der Waals surface area (Å²) in [5.74, 6) is 0. The number of hydrogen-bond acceptors (Lipinski definition) is 1. The molecule has 2 aliphatic heterocycles. The van der Waals surface area contributed by atoms with Gasteiger partial charge >= 0.3 is 0 Å². The highest BCUT2D eigenvalue weighted by Gasteiger charge is 2.43. The molecule has 2 heterocycles. The lowest BCUT2D eigenvalue weighted by molar-refractivity contribution is -0.401. The maximum atomic E-state index is 6.66. The Morgan fingerprint density at radius 2 is 1.75 bits per heavy atom. The van der Waals surface area contributed by atoms with Crippen LogP contribution < -0.4 is 4.90 Å². The van der Waals surface area contributed by atoms with Crippen molar-refractivity contribution in [2.75, 3.05) is 19.0 Å². The summed E-state index contributed by atoms with van der Waals surface area (Å²) in [6.07, 6.45) is 8.32. The van der Waals surface area contributed by atoms with Gasteiger partial charge in [-0.15, -0.1) is 0 Å². The number of benzene rings is 2. The van der Waals surface area contributed by atoms with Crippen LogP contribution in [0.5, 0.6) is 0 Å². The van der Waals surface area contributed by atoms with Gasteiger partial charge < -0.3 is 4.90 Å². The van der Waals surface area contributed by atoms with Gasteiger partial charge in [-0.2, -0.15) is 4.58 Å². The van der Waals surface area contributed by atoms with Crippen molar-refractivity contribution in [3.8, 4) is 0 Å². The monoisotopic (exact) mass is 509 g/mol. The molecule has 0 saturated heterocycles. The van der Waals surface area contributed by atoms with E-state index in [-0.39, 0.29) is 10.8 Å². The highest BCUT2D eigenvalue weighted by molar-refractivity contribution is 9.10. The maximum absolute atomic E-state index is 6.66. The van der Waals surface area contributed by atoms with Crippen LogP contribution in [0.3, 0.4) is 0 Å². The number of hydrogen-bond donors (Lipinski definition) is 0. The molecule has 0 saturated carbocycles. The molecular weight excluding hydrogens is 480 g/mol. The molecule has 4 heteroatoms. The zero-order chi connectivity index (χ0) is 23.4. The largest absolute Gasteiger partial charge is 0.347 e. The normalized spacial score (nSPS) is 20.5. The van der Waals surface area contributed by atoms with Crippen molar-refractivity contribution in [1.82, 2.24) is 0 Å². The van der Waals surface area contributed by atoms with Crippen molar-refractivity contribution in [3.05, 3.63) is 92.6 Å². The third-order valence-electron chi connectivity index (χ3n) is 6.98. The second-order valence-corrected chi connectivity index (χ2v) is 11.2. The first-order chi connectivity index (χ1) is 14.9. The Labute approximate surface area is 205 Å². The van der Waals surface area contributed by atoms with Gasteiger partial charge in [-0.05, 0) is 62.8 Å². The predicted molar refractivity (Wildman–Crippen MR) is 142 cm³/mol. The fourth-order valence-electron chi connectivity index (χ4n) is 5.13. The number of likely N-dealkylation sites (N-methyl/N-ethyl adjacent to an activating group) is 1. The molecule has 166 valence electrons. The zero-order valence-electron chi connectivity index (χ0n) is 19.9. The van der Waals surface area contributed by atoms with E-state index >= 15 is 0 Å². The topological polar surface area (TPSA) is 6.25 Å². The van der Waals surface area contributed by atoms with Crippen LogP contribution in [-0.4, -0.2) is 24.4 Å². The fraction of sp³-hybridized carbons (Fsp3) is 0.321. The summed E-state index contributed by atoms with van der Waals surface area (Å²) in [6.45, 7) is 11.2. The van der Waals surface area contributed by atoms with E-state index in [0.717, 1.165) is 4.47 Å². The molecule has 0 bridgehead atoms. The van der Waals surface area contributed by atoms with Gasteiger partial charge in [-0.1, -0.05) is 59.1 Å². The standard InChI is InChI=1S/C28H31BrClN2/c1-18-8-12-23-21(16-18)27(2,3)25(31(23)6)14-10-20(30)11-15-26-28(4,5)22-17-19(29)9-13-24(22)32(26)7/h8-17H,1-7H3/q+1. The van der Waals surface area contributed by atoms with Crippen molar-refractivity contribution in [2.24, 2.45) is 0 Å². The maximum Gasteiger partial charge on any atom is 0.209 e. The molecule has 0 radical (unpaired) electrons. The minimum absolute atomic E-state index is 0.0646. The highest BCUT2D eigenvalue weighted by atomic mass is 79.9. The Hall–Kier alpha value is -2.10. The third-order valence-corrected chi connectivity index (χ3v) is 7.73. The molecule has 0 spiro atoms. The zero-order valence-corrected chi connectivity index (χ0v) is 22.3. The molecule has 2 aliphatic rings. The summed E-state index contributed by atoms with van der Waals surface area (Å²) < 4.78 is 3.36. The van der Waals surface area contributed by atoms with Crippen LogP contribution in [0, 0.1) is 6.92 Å². The second-order valence-electron chi connectivity index (χ2n) is 9.87. The summed E-state index contributed by atoms with van der Waals surface area (Å²) >= 11 is 10.3. The Morgan fingerprint density at radius 1 is 1.03 bits per heavy atom. The molecule has 0 fully saturated rings. The van der Waals surface area contributed by atoms with Crippen molar-refractivity contribution in [3.63, 3.8) is 0 Å². The SMILES string of the molecule is Cc1ccc2c(c1)C(C)(C)\C(=C/C=C(Cl)/C=C/C1=[N+](C)c3ccc(Br)cc3C1(C)C)N2C. The van der Waals surface area contributed by atoms with Gasteiger partial charge in [0, 0.05) is 51.1 Å². The number of rotatable bonds is 3. The van der Waals surface area contributed by atoms with Crippen LogP contribution in [0.4, 0.5) is 11.4 Å². The molecule has 0 amide bonds. The number of anilines is 1. The van der Waals surface area contributed by atoms with Gasteiger partial charge in [0.15, 0.2) is 5.71 Å². The highest BCUT2D eigenvalue weighted by Crippen LogP contribution is 2.47. The Morgan fingerprint density at radius 3 is 2.47 bits per heavy atom. The molecule has 2 nitrogen and oxygen atoms in total. The third kappa shape index (κ3) is 3.70. The number of halogens is 2. The fourth-order valence-corrected chi connectivity index (χ4v) is 5.62. The minimum Gasteiger partial charge on any atom is -0.347 e. The van der Waals surface area contributed by atoms with E-state index in [9.17, 15) is 0 Å². The van der Waals surface area contributed by atoms with Gasteiger partial charge in [0.2, 0.25) is 5.69 Å². The minimum atomic E-state index is -0.0901. The van der Waals surface area contributed by atoms with Crippen molar-refractivity contribution in [2.45, 2.75) is 45.4 Å². The predicted octanol–water partition coefficient (Wildman–Crippen LogP) is 7.75. The average molecular weight is 511 g/mol. The molecule has 0 atom stereocenters. The van der Waals surface area contributed by atoms with Crippen LogP contribution in [-0.2, 0) is 10.8 Å². The quantitative estimate of drug-likeness (QED) is 0.302. The molecular formula is C28H31BrClN2+. The van der Waals surface area contributed by atoms with E-state index in [0.29, 0.717) is 5.03 Å². The van der Waals surface area contributed by atoms with E-state index in [1.165, 1.54) is 39.5 Å². The van der Waals surface area contributed by atoms with E-state index in [4.69, 9.17) is 11.6 Å². The number of allylic oxidation sites excluding steroid dienone is 6. The van der Waals surface area contributed by atoms with Gasteiger partial charge in [-0.25, -0.2) is 0 Å². The van der Waals surface area contributed by atoms with Crippen LogP contribution in [0.2, 0.25) is 0 Å². The number of aryl methyl sites for hydroxylation is 1. The van der Waals surface area contributed by atoms with E-state index in [1.807, 2.05) is 12.2 Å². The lowest BCUT2D eigenvalue weighted by atomic mass is 9.81. The van der Waals surface area contributed by atoms with E-state index < -0.39 is 0 Å². The Bertz CT molecular complexity index is 1230. The first-order valence-electron chi connectivity index (χ1n) is 11.0. The first kappa shape index (κ1) is 23.1. The van der Waals surface area contributed by atoms with Crippen molar-refractivity contribution < 1.29 is 4.58 Å². The van der Waals surface area contributed by atoms with Gasteiger partial charge in [0.05, 0.1) is 5.41 Å². The van der Waals surface area contributed by atoms with Crippen LogP contribution in [0.15, 0.2) is 75.9 Å². The lowest BCUT2D eigenvalue weighted by Gasteiger charge is -2.23. The summed E-state index contributed by atoms with van der Waals surface area (Å²) in [7, 11) is 4.25. The number of fused-ring (bicyclic) bond motifs is 2. The average Bonchev–Trinajstić information content (AvgIpc) is 3.02. The van der Waals surface area contributed by atoms with Crippen molar-refractivity contribution in [1.29, 1.82) is 0 Å². The molecule has 2 aromatic rings. The summed E-state index contributed by atoms with van der Waals surface area (Å²) in [6, 6.07) is 13.2. The van der Waals surface area contributed by atoms with E-state index in [2.05, 4.69) is 123 Å². The van der Waals surface area contributed by atoms with Crippen LogP contribution >= 0.6 is 27.5 Å². The summed E-state index contributed by atoms with van der Waals surface area (Å²) in [4.78, 5) is 2.27. The molecule has 2 aromatic carbocycles. The molecule has 0 N–H and O–H groups in total. The van der Waals surface area contributed by atoms with Crippen LogP contribution in [0.1, 0.15) is 44.4 Å². The summed E-state index contributed by atoms with van der Waals surface area (Å²) in [5.41, 5.74) is 8.79.